The van der Waals surface area contributed by atoms with E-state index in [9.17, 15) is 0 Å². The van der Waals surface area contributed by atoms with Crippen LogP contribution in [0.1, 0.15) is 44.6 Å². The fraction of sp³-hybridized carbons (Fsp3) is 0.714. The van der Waals surface area contributed by atoms with Crippen LogP contribution in [0.2, 0.25) is 0 Å². The van der Waals surface area contributed by atoms with Crippen LogP contribution in [0.5, 0.6) is 5.88 Å². The quantitative estimate of drug-likeness (QED) is 0.550. The molecule has 156 valence electrons. The lowest BCUT2D eigenvalue weighted by Crippen LogP contribution is -2.60. The standard InChI is InChI=1S/C21H35N5O2/c1-3-28-19-15-18(7-10-23-19)16-24-20(22-2)25-17-21(8-5-4-6-9-21)26-11-13-27-14-12-26/h7,10,15H,3-6,8-9,11-14,16-17H2,1-2H3,(H2,22,24,25). The second-order valence-electron chi connectivity index (χ2n) is 7.60. The van der Waals surface area contributed by atoms with Crippen molar-refractivity contribution in [1.82, 2.24) is 20.5 Å². The Morgan fingerprint density at radius 3 is 2.75 bits per heavy atom. The van der Waals surface area contributed by atoms with Crippen molar-refractivity contribution in [2.75, 3.05) is 46.5 Å². The van der Waals surface area contributed by atoms with E-state index in [0.717, 1.165) is 44.4 Å². The highest BCUT2D eigenvalue weighted by atomic mass is 16.5. The Morgan fingerprint density at radius 2 is 2.04 bits per heavy atom. The van der Waals surface area contributed by atoms with E-state index in [1.54, 1.807) is 6.20 Å². The minimum absolute atomic E-state index is 0.221. The summed E-state index contributed by atoms with van der Waals surface area (Å²) < 4.78 is 11.1. The third-order valence-corrected chi connectivity index (χ3v) is 5.83. The molecular formula is C21H35N5O2. The zero-order valence-corrected chi connectivity index (χ0v) is 17.4. The predicted octanol–water partition coefficient (Wildman–Crippen LogP) is 2.18. The fourth-order valence-electron chi connectivity index (χ4n) is 4.29. The highest BCUT2D eigenvalue weighted by Crippen LogP contribution is 2.33. The van der Waals surface area contributed by atoms with Gasteiger partial charge in [0.2, 0.25) is 5.88 Å². The maximum absolute atomic E-state index is 5.58. The lowest BCUT2D eigenvalue weighted by atomic mass is 9.80. The molecule has 1 aliphatic carbocycles. The van der Waals surface area contributed by atoms with E-state index in [0.29, 0.717) is 19.0 Å². The Hall–Kier alpha value is -1.86. The van der Waals surface area contributed by atoms with Gasteiger partial charge in [-0.25, -0.2) is 4.98 Å². The van der Waals surface area contributed by atoms with Gasteiger partial charge in [0, 0.05) is 51.0 Å². The number of pyridine rings is 1. The van der Waals surface area contributed by atoms with E-state index >= 15 is 0 Å². The number of aliphatic imine (C=N–C) groups is 1. The minimum Gasteiger partial charge on any atom is -0.478 e. The van der Waals surface area contributed by atoms with Crippen LogP contribution < -0.4 is 15.4 Å². The maximum atomic E-state index is 5.58. The summed E-state index contributed by atoms with van der Waals surface area (Å²) in [6.07, 6.45) is 8.25. The largest absolute Gasteiger partial charge is 0.478 e. The van der Waals surface area contributed by atoms with Crippen LogP contribution in [0.3, 0.4) is 0 Å². The molecule has 1 aliphatic heterocycles. The first-order chi connectivity index (χ1) is 13.8. The highest BCUT2D eigenvalue weighted by Gasteiger charge is 2.38. The molecule has 1 aromatic rings. The highest BCUT2D eigenvalue weighted by molar-refractivity contribution is 5.79. The number of hydrogen-bond acceptors (Lipinski definition) is 5. The molecule has 2 heterocycles. The molecule has 0 atom stereocenters. The second-order valence-corrected chi connectivity index (χ2v) is 7.60. The zero-order valence-electron chi connectivity index (χ0n) is 17.4. The number of morpholine rings is 1. The summed E-state index contributed by atoms with van der Waals surface area (Å²) in [5.41, 5.74) is 1.35. The van der Waals surface area contributed by atoms with Crippen LogP contribution in [-0.4, -0.2) is 67.9 Å². The molecule has 0 aromatic carbocycles. The molecule has 2 fully saturated rings. The molecule has 7 nitrogen and oxygen atoms in total. The Labute approximate surface area is 168 Å². The zero-order chi connectivity index (χ0) is 19.7. The van der Waals surface area contributed by atoms with Crippen molar-refractivity contribution in [2.24, 2.45) is 4.99 Å². The van der Waals surface area contributed by atoms with Gasteiger partial charge in [-0.05, 0) is 31.4 Å². The number of nitrogens with one attached hydrogen (secondary N) is 2. The average molecular weight is 390 g/mol. The average Bonchev–Trinajstić information content (AvgIpc) is 2.76. The second kappa shape index (κ2) is 10.6. The Bertz CT molecular complexity index is 625. The van der Waals surface area contributed by atoms with Gasteiger partial charge in [0.05, 0.1) is 19.8 Å². The number of ether oxygens (including phenoxy) is 2. The smallest absolute Gasteiger partial charge is 0.213 e. The SMILES string of the molecule is CCOc1cc(CNC(=NC)NCC2(N3CCOCC3)CCCCC2)ccn1. The molecule has 2 N–H and O–H groups in total. The first-order valence-electron chi connectivity index (χ1n) is 10.6. The van der Waals surface area contributed by atoms with Crippen molar-refractivity contribution in [3.63, 3.8) is 0 Å². The number of rotatable bonds is 7. The summed E-state index contributed by atoms with van der Waals surface area (Å²) in [7, 11) is 1.83. The van der Waals surface area contributed by atoms with Gasteiger partial charge in [0.1, 0.15) is 0 Å². The number of nitrogens with zero attached hydrogens (tertiary/aromatic N) is 3. The van der Waals surface area contributed by atoms with E-state index in [2.05, 4.69) is 25.5 Å². The number of hydrogen-bond donors (Lipinski definition) is 2. The molecule has 7 heteroatoms. The summed E-state index contributed by atoms with van der Waals surface area (Å²) in [4.78, 5) is 11.3. The van der Waals surface area contributed by atoms with Gasteiger partial charge in [-0.1, -0.05) is 19.3 Å². The van der Waals surface area contributed by atoms with E-state index < -0.39 is 0 Å². The monoisotopic (exact) mass is 389 g/mol. The lowest BCUT2D eigenvalue weighted by molar-refractivity contribution is -0.0352. The molecule has 0 radical (unpaired) electrons. The van der Waals surface area contributed by atoms with Crippen molar-refractivity contribution in [1.29, 1.82) is 0 Å². The first kappa shape index (κ1) is 20.9. The molecule has 0 spiro atoms. The van der Waals surface area contributed by atoms with Crippen LogP contribution in [-0.2, 0) is 11.3 Å². The Balaban J connectivity index is 1.56. The van der Waals surface area contributed by atoms with E-state index in [1.807, 2.05) is 26.1 Å². The molecular weight excluding hydrogens is 354 g/mol. The Kier molecular flexibility index (Phi) is 7.91. The van der Waals surface area contributed by atoms with Gasteiger partial charge in [0.15, 0.2) is 5.96 Å². The van der Waals surface area contributed by atoms with Crippen molar-refractivity contribution in [3.8, 4) is 5.88 Å². The summed E-state index contributed by atoms with van der Waals surface area (Å²) in [5, 5.41) is 7.02. The van der Waals surface area contributed by atoms with E-state index in [4.69, 9.17) is 9.47 Å². The summed E-state index contributed by atoms with van der Waals surface area (Å²) in [6.45, 7) is 7.96. The van der Waals surface area contributed by atoms with Gasteiger partial charge in [-0.3, -0.25) is 9.89 Å². The predicted molar refractivity (Wildman–Crippen MR) is 112 cm³/mol. The van der Waals surface area contributed by atoms with Crippen molar-refractivity contribution in [3.05, 3.63) is 23.9 Å². The van der Waals surface area contributed by atoms with Gasteiger partial charge in [-0.15, -0.1) is 0 Å². The van der Waals surface area contributed by atoms with Crippen LogP contribution in [0.4, 0.5) is 0 Å². The Morgan fingerprint density at radius 1 is 1.25 bits per heavy atom. The molecule has 28 heavy (non-hydrogen) atoms. The van der Waals surface area contributed by atoms with Crippen molar-refractivity contribution >= 4 is 5.96 Å². The van der Waals surface area contributed by atoms with Gasteiger partial charge >= 0.3 is 0 Å². The molecule has 0 bridgehead atoms. The van der Waals surface area contributed by atoms with Crippen LogP contribution >= 0.6 is 0 Å². The number of aromatic nitrogens is 1. The van der Waals surface area contributed by atoms with Crippen molar-refractivity contribution in [2.45, 2.75) is 51.1 Å². The first-order valence-corrected chi connectivity index (χ1v) is 10.6. The van der Waals surface area contributed by atoms with Crippen LogP contribution in [0, 0.1) is 0 Å². The molecule has 1 aromatic heterocycles. The van der Waals surface area contributed by atoms with Crippen LogP contribution in [0.25, 0.3) is 0 Å². The van der Waals surface area contributed by atoms with Crippen molar-refractivity contribution < 1.29 is 9.47 Å². The fourth-order valence-corrected chi connectivity index (χ4v) is 4.29. The summed E-state index contributed by atoms with van der Waals surface area (Å²) in [6, 6.07) is 3.97. The molecule has 2 aliphatic rings. The maximum Gasteiger partial charge on any atom is 0.213 e. The molecule has 3 rings (SSSR count). The third-order valence-electron chi connectivity index (χ3n) is 5.83. The van der Waals surface area contributed by atoms with Gasteiger partial charge in [0.25, 0.3) is 0 Å². The molecule has 0 amide bonds. The van der Waals surface area contributed by atoms with E-state index in [1.165, 1.54) is 32.1 Å². The number of guanidine groups is 1. The van der Waals surface area contributed by atoms with Gasteiger partial charge < -0.3 is 20.1 Å². The normalized spacial score (nSPS) is 20.6. The molecule has 1 saturated carbocycles. The van der Waals surface area contributed by atoms with Gasteiger partial charge in [-0.2, -0.15) is 0 Å². The van der Waals surface area contributed by atoms with E-state index in [-0.39, 0.29) is 5.54 Å². The summed E-state index contributed by atoms with van der Waals surface area (Å²) in [5.74, 6) is 1.51. The summed E-state index contributed by atoms with van der Waals surface area (Å²) >= 11 is 0. The third kappa shape index (κ3) is 5.58. The topological polar surface area (TPSA) is 71.0 Å². The minimum atomic E-state index is 0.221. The van der Waals surface area contributed by atoms with Crippen LogP contribution in [0.15, 0.2) is 23.3 Å². The lowest BCUT2D eigenvalue weighted by Gasteiger charge is -2.48. The molecule has 1 saturated heterocycles. The molecule has 0 unspecified atom stereocenters.